The first-order valence-electron chi connectivity index (χ1n) is 5.15. The molecule has 0 bridgehead atoms. The molecule has 1 atom stereocenters. The smallest absolute Gasteiger partial charge is 0.128 e. The molecule has 0 aliphatic carbocycles. The Labute approximate surface area is 99.3 Å². The molecule has 0 saturated heterocycles. The van der Waals surface area contributed by atoms with Gasteiger partial charge < -0.3 is 11.1 Å². The number of hydrogen-bond donors (Lipinski definition) is 2. The maximum absolute atomic E-state index is 5.93. The van der Waals surface area contributed by atoms with E-state index in [1.807, 2.05) is 20.0 Å². The summed E-state index contributed by atoms with van der Waals surface area (Å²) >= 11 is 1.72. The van der Waals surface area contributed by atoms with Crippen LogP contribution in [0.15, 0.2) is 29.8 Å². The summed E-state index contributed by atoms with van der Waals surface area (Å²) in [5, 5.41) is 5.35. The van der Waals surface area contributed by atoms with Crippen LogP contribution in [-0.2, 0) is 0 Å². The number of thiophene rings is 1. The molecular weight excluding hydrogens is 218 g/mol. The molecule has 2 aromatic heterocycles. The normalized spacial score (nSPS) is 12.6. The summed E-state index contributed by atoms with van der Waals surface area (Å²) in [7, 11) is 1.94. The van der Waals surface area contributed by atoms with Crippen LogP contribution in [0.5, 0.6) is 0 Å². The molecule has 1 unspecified atom stereocenters. The minimum Gasteiger partial charge on any atom is -0.383 e. The predicted octanol–water partition coefficient (Wildman–Crippen LogP) is 2.34. The standard InChI is InChI=1S/C12H15N3S/c1-8-6-9(12(13)15-7-8)11(14-2)10-4-3-5-16-10/h3-7,11,14H,1-2H3,(H2,13,15). The van der Waals surface area contributed by atoms with Crippen molar-refractivity contribution in [2.75, 3.05) is 12.8 Å². The lowest BCUT2D eigenvalue weighted by Crippen LogP contribution is -2.18. The Morgan fingerprint density at radius 2 is 2.31 bits per heavy atom. The number of nitrogen functional groups attached to an aromatic ring is 1. The van der Waals surface area contributed by atoms with Gasteiger partial charge in [-0.1, -0.05) is 6.07 Å². The Balaban J connectivity index is 2.44. The molecule has 4 heteroatoms. The van der Waals surface area contributed by atoms with Gasteiger partial charge in [0.1, 0.15) is 5.82 Å². The van der Waals surface area contributed by atoms with Gasteiger partial charge in [-0.15, -0.1) is 11.3 Å². The van der Waals surface area contributed by atoms with Crippen molar-refractivity contribution in [1.29, 1.82) is 0 Å². The monoisotopic (exact) mass is 233 g/mol. The predicted molar refractivity (Wildman–Crippen MR) is 68.6 cm³/mol. The van der Waals surface area contributed by atoms with E-state index in [0.717, 1.165) is 11.1 Å². The maximum Gasteiger partial charge on any atom is 0.128 e. The lowest BCUT2D eigenvalue weighted by atomic mass is 10.0. The zero-order chi connectivity index (χ0) is 11.5. The van der Waals surface area contributed by atoms with Gasteiger partial charge >= 0.3 is 0 Å². The summed E-state index contributed by atoms with van der Waals surface area (Å²) in [4.78, 5) is 5.45. The molecule has 0 aliphatic heterocycles. The zero-order valence-corrected chi connectivity index (χ0v) is 10.2. The highest BCUT2D eigenvalue weighted by atomic mass is 32.1. The van der Waals surface area contributed by atoms with Crippen LogP contribution in [0.4, 0.5) is 5.82 Å². The van der Waals surface area contributed by atoms with Gasteiger partial charge in [0.15, 0.2) is 0 Å². The number of rotatable bonds is 3. The third-order valence-electron chi connectivity index (χ3n) is 2.51. The Morgan fingerprint density at radius 1 is 1.50 bits per heavy atom. The Hall–Kier alpha value is -1.39. The maximum atomic E-state index is 5.93. The van der Waals surface area contributed by atoms with Crippen LogP contribution in [-0.4, -0.2) is 12.0 Å². The van der Waals surface area contributed by atoms with E-state index in [-0.39, 0.29) is 6.04 Å². The molecule has 0 aliphatic rings. The van der Waals surface area contributed by atoms with Crippen molar-refractivity contribution >= 4 is 17.2 Å². The largest absolute Gasteiger partial charge is 0.383 e. The van der Waals surface area contributed by atoms with Crippen molar-refractivity contribution in [2.45, 2.75) is 13.0 Å². The third kappa shape index (κ3) is 2.08. The van der Waals surface area contributed by atoms with Crippen LogP contribution in [0, 0.1) is 6.92 Å². The van der Waals surface area contributed by atoms with E-state index in [1.165, 1.54) is 4.88 Å². The SMILES string of the molecule is CNC(c1cccs1)c1cc(C)cnc1N. The third-order valence-corrected chi connectivity index (χ3v) is 3.45. The van der Waals surface area contributed by atoms with Gasteiger partial charge in [0, 0.05) is 16.6 Å². The number of aryl methyl sites for hydroxylation is 1. The molecular formula is C12H15N3S. The van der Waals surface area contributed by atoms with Crippen LogP contribution < -0.4 is 11.1 Å². The molecule has 2 aromatic rings. The highest BCUT2D eigenvalue weighted by molar-refractivity contribution is 7.10. The molecule has 0 fully saturated rings. The molecule has 0 saturated carbocycles. The highest BCUT2D eigenvalue weighted by Gasteiger charge is 2.16. The number of nitrogens with one attached hydrogen (secondary N) is 1. The first-order valence-corrected chi connectivity index (χ1v) is 6.03. The second-order valence-corrected chi connectivity index (χ2v) is 4.70. The fraction of sp³-hybridized carbons (Fsp3) is 0.250. The average molecular weight is 233 g/mol. The lowest BCUT2D eigenvalue weighted by molar-refractivity contribution is 0.702. The second kappa shape index (κ2) is 4.63. The fourth-order valence-electron chi connectivity index (χ4n) is 1.74. The van der Waals surface area contributed by atoms with Crippen molar-refractivity contribution in [3.8, 4) is 0 Å². The summed E-state index contributed by atoms with van der Waals surface area (Å²) in [5.74, 6) is 0.596. The van der Waals surface area contributed by atoms with Crippen molar-refractivity contribution in [3.05, 3.63) is 45.8 Å². The van der Waals surface area contributed by atoms with Crippen LogP contribution in [0.1, 0.15) is 22.0 Å². The summed E-state index contributed by atoms with van der Waals surface area (Å²) in [6.45, 7) is 2.02. The molecule has 0 spiro atoms. The Kier molecular flexibility index (Phi) is 3.22. The van der Waals surface area contributed by atoms with E-state index in [9.17, 15) is 0 Å². The fourth-order valence-corrected chi connectivity index (χ4v) is 2.59. The molecule has 2 heterocycles. The Bertz CT molecular complexity index is 465. The lowest BCUT2D eigenvalue weighted by Gasteiger charge is -2.17. The summed E-state index contributed by atoms with van der Waals surface area (Å²) < 4.78 is 0. The van der Waals surface area contributed by atoms with Crippen molar-refractivity contribution in [3.63, 3.8) is 0 Å². The van der Waals surface area contributed by atoms with E-state index in [2.05, 4.69) is 27.8 Å². The van der Waals surface area contributed by atoms with Crippen molar-refractivity contribution < 1.29 is 0 Å². The van der Waals surface area contributed by atoms with Crippen molar-refractivity contribution in [2.24, 2.45) is 0 Å². The number of hydrogen-bond acceptors (Lipinski definition) is 4. The van der Waals surface area contributed by atoms with Gasteiger partial charge in [0.05, 0.1) is 6.04 Å². The molecule has 3 N–H and O–H groups in total. The van der Waals surface area contributed by atoms with Crippen LogP contribution in [0.2, 0.25) is 0 Å². The highest BCUT2D eigenvalue weighted by Crippen LogP contribution is 2.28. The number of nitrogens with zero attached hydrogens (tertiary/aromatic N) is 1. The first-order chi connectivity index (χ1) is 7.72. The average Bonchev–Trinajstić information content (AvgIpc) is 2.78. The van der Waals surface area contributed by atoms with E-state index in [4.69, 9.17) is 5.73 Å². The van der Waals surface area contributed by atoms with Crippen LogP contribution >= 0.6 is 11.3 Å². The zero-order valence-electron chi connectivity index (χ0n) is 9.40. The molecule has 0 aromatic carbocycles. The van der Waals surface area contributed by atoms with E-state index >= 15 is 0 Å². The van der Waals surface area contributed by atoms with Gasteiger partial charge in [-0.05, 0) is 37.0 Å². The van der Waals surface area contributed by atoms with E-state index < -0.39 is 0 Å². The molecule has 3 nitrogen and oxygen atoms in total. The summed E-state index contributed by atoms with van der Waals surface area (Å²) in [5.41, 5.74) is 8.10. The number of aromatic nitrogens is 1. The molecule has 0 radical (unpaired) electrons. The molecule has 84 valence electrons. The number of anilines is 1. The summed E-state index contributed by atoms with van der Waals surface area (Å²) in [6, 6.07) is 6.37. The van der Waals surface area contributed by atoms with Crippen LogP contribution in [0.3, 0.4) is 0 Å². The van der Waals surface area contributed by atoms with Gasteiger partial charge in [0.2, 0.25) is 0 Å². The van der Waals surface area contributed by atoms with Gasteiger partial charge in [-0.3, -0.25) is 0 Å². The van der Waals surface area contributed by atoms with Gasteiger partial charge in [-0.2, -0.15) is 0 Å². The topological polar surface area (TPSA) is 50.9 Å². The second-order valence-electron chi connectivity index (χ2n) is 3.72. The van der Waals surface area contributed by atoms with Gasteiger partial charge in [-0.25, -0.2) is 4.98 Å². The van der Waals surface area contributed by atoms with E-state index in [1.54, 1.807) is 17.5 Å². The molecule has 2 rings (SSSR count). The number of nitrogens with two attached hydrogens (primary N) is 1. The minimum atomic E-state index is 0.132. The summed E-state index contributed by atoms with van der Waals surface area (Å²) in [6.07, 6.45) is 1.79. The van der Waals surface area contributed by atoms with Gasteiger partial charge in [0.25, 0.3) is 0 Å². The van der Waals surface area contributed by atoms with Crippen LogP contribution in [0.25, 0.3) is 0 Å². The molecule has 0 amide bonds. The van der Waals surface area contributed by atoms with E-state index in [0.29, 0.717) is 5.82 Å². The van der Waals surface area contributed by atoms with Crippen molar-refractivity contribution in [1.82, 2.24) is 10.3 Å². The molecule has 16 heavy (non-hydrogen) atoms. The quantitative estimate of drug-likeness (QED) is 0.855. The minimum absolute atomic E-state index is 0.132. The Morgan fingerprint density at radius 3 is 2.94 bits per heavy atom. The number of pyridine rings is 1. The first kappa shape index (κ1) is 11.1.